The van der Waals surface area contributed by atoms with E-state index in [1.165, 1.54) is 11.1 Å². The second kappa shape index (κ2) is 9.03. The zero-order chi connectivity index (χ0) is 15.0. The van der Waals surface area contributed by atoms with Gasteiger partial charge in [-0.15, -0.1) is 0 Å². The molecule has 2 atom stereocenters. The van der Waals surface area contributed by atoms with E-state index in [1.54, 1.807) is 0 Å². The van der Waals surface area contributed by atoms with E-state index in [2.05, 4.69) is 49.1 Å². The number of carbonyl (C=O) groups is 1. The van der Waals surface area contributed by atoms with E-state index in [0.717, 1.165) is 19.3 Å². The summed E-state index contributed by atoms with van der Waals surface area (Å²) < 4.78 is 0. The SMILES string of the molecule is Cc1ccc(CCCC(=O)NC(C)CC(S)CN)cc1. The average Bonchev–Trinajstić information content (AvgIpc) is 2.40. The van der Waals surface area contributed by atoms with Crippen LogP contribution in [-0.2, 0) is 11.2 Å². The fourth-order valence-corrected chi connectivity index (χ4v) is 2.43. The number of carbonyl (C=O) groups excluding carboxylic acids is 1. The molecule has 0 aromatic heterocycles. The molecule has 0 fully saturated rings. The van der Waals surface area contributed by atoms with Crippen LogP contribution in [0.2, 0.25) is 0 Å². The Balaban J connectivity index is 2.21. The number of hydrogen-bond acceptors (Lipinski definition) is 3. The van der Waals surface area contributed by atoms with Crippen LogP contribution >= 0.6 is 12.6 Å². The number of rotatable bonds is 8. The van der Waals surface area contributed by atoms with Crippen molar-refractivity contribution in [1.82, 2.24) is 5.32 Å². The van der Waals surface area contributed by atoms with Gasteiger partial charge in [0.1, 0.15) is 0 Å². The summed E-state index contributed by atoms with van der Waals surface area (Å²) in [5, 5.41) is 3.15. The summed E-state index contributed by atoms with van der Waals surface area (Å²) in [4.78, 5) is 11.8. The molecule has 0 saturated carbocycles. The molecule has 0 bridgehead atoms. The van der Waals surface area contributed by atoms with Gasteiger partial charge in [0.2, 0.25) is 5.91 Å². The number of hydrogen-bond donors (Lipinski definition) is 3. The Kier molecular flexibility index (Phi) is 7.70. The predicted octanol–water partition coefficient (Wildman–Crippen LogP) is 2.47. The highest BCUT2D eigenvalue weighted by molar-refractivity contribution is 7.81. The van der Waals surface area contributed by atoms with Gasteiger partial charge in [-0.25, -0.2) is 0 Å². The van der Waals surface area contributed by atoms with E-state index in [-0.39, 0.29) is 17.2 Å². The van der Waals surface area contributed by atoms with Crippen molar-refractivity contribution in [1.29, 1.82) is 0 Å². The minimum Gasteiger partial charge on any atom is -0.354 e. The molecule has 2 unspecified atom stereocenters. The van der Waals surface area contributed by atoms with Crippen molar-refractivity contribution >= 4 is 18.5 Å². The number of nitrogens with two attached hydrogens (primary N) is 1. The first-order valence-corrected chi connectivity index (χ1v) is 7.76. The first-order valence-electron chi connectivity index (χ1n) is 7.24. The van der Waals surface area contributed by atoms with E-state index in [4.69, 9.17) is 5.73 Å². The molecule has 3 N–H and O–H groups in total. The summed E-state index contributed by atoms with van der Waals surface area (Å²) in [6, 6.07) is 8.60. The Bertz CT molecular complexity index is 405. The first kappa shape index (κ1) is 17.1. The van der Waals surface area contributed by atoms with E-state index in [0.29, 0.717) is 13.0 Å². The smallest absolute Gasteiger partial charge is 0.220 e. The van der Waals surface area contributed by atoms with Gasteiger partial charge in [0, 0.05) is 24.3 Å². The van der Waals surface area contributed by atoms with Gasteiger partial charge in [-0.3, -0.25) is 4.79 Å². The second-order valence-corrected chi connectivity index (χ2v) is 6.16. The maximum absolute atomic E-state index is 11.8. The van der Waals surface area contributed by atoms with Crippen LogP contribution in [-0.4, -0.2) is 23.7 Å². The van der Waals surface area contributed by atoms with E-state index >= 15 is 0 Å². The van der Waals surface area contributed by atoms with Crippen molar-refractivity contribution in [2.24, 2.45) is 5.73 Å². The topological polar surface area (TPSA) is 55.1 Å². The largest absolute Gasteiger partial charge is 0.354 e. The van der Waals surface area contributed by atoms with Gasteiger partial charge in [-0.05, 0) is 38.7 Å². The first-order chi connectivity index (χ1) is 9.51. The van der Waals surface area contributed by atoms with Crippen LogP contribution in [0.3, 0.4) is 0 Å². The molecule has 3 nitrogen and oxygen atoms in total. The lowest BCUT2D eigenvalue weighted by Crippen LogP contribution is -2.35. The molecule has 0 aliphatic rings. The fraction of sp³-hybridized carbons (Fsp3) is 0.562. The number of amides is 1. The number of nitrogens with one attached hydrogen (secondary N) is 1. The Labute approximate surface area is 127 Å². The monoisotopic (exact) mass is 294 g/mol. The van der Waals surface area contributed by atoms with Crippen LogP contribution in [0.1, 0.15) is 37.3 Å². The molecule has 20 heavy (non-hydrogen) atoms. The lowest BCUT2D eigenvalue weighted by atomic mass is 10.1. The van der Waals surface area contributed by atoms with Crippen LogP contribution < -0.4 is 11.1 Å². The molecule has 0 saturated heterocycles. The summed E-state index contributed by atoms with van der Waals surface area (Å²) in [7, 11) is 0. The predicted molar refractivity (Wildman–Crippen MR) is 88.2 cm³/mol. The van der Waals surface area contributed by atoms with E-state index < -0.39 is 0 Å². The molecule has 4 heteroatoms. The van der Waals surface area contributed by atoms with Crippen LogP contribution in [0.5, 0.6) is 0 Å². The lowest BCUT2D eigenvalue weighted by Gasteiger charge is -2.16. The summed E-state index contributed by atoms with van der Waals surface area (Å²) in [5.74, 6) is 0.113. The zero-order valence-corrected chi connectivity index (χ0v) is 13.3. The van der Waals surface area contributed by atoms with Crippen LogP contribution in [0.15, 0.2) is 24.3 Å². The summed E-state index contributed by atoms with van der Waals surface area (Å²) in [5.41, 5.74) is 8.07. The number of benzene rings is 1. The molecule has 1 rings (SSSR count). The second-order valence-electron chi connectivity index (χ2n) is 5.43. The van der Waals surface area contributed by atoms with Gasteiger partial charge in [0.05, 0.1) is 0 Å². The van der Waals surface area contributed by atoms with Gasteiger partial charge in [-0.1, -0.05) is 29.8 Å². The molecule has 1 aromatic carbocycles. The Morgan fingerprint density at radius 3 is 2.60 bits per heavy atom. The molecule has 0 spiro atoms. The lowest BCUT2D eigenvalue weighted by molar-refractivity contribution is -0.121. The molecule has 1 aromatic rings. The van der Waals surface area contributed by atoms with E-state index in [9.17, 15) is 4.79 Å². The van der Waals surface area contributed by atoms with Gasteiger partial charge < -0.3 is 11.1 Å². The minimum atomic E-state index is 0.113. The minimum absolute atomic E-state index is 0.113. The quantitative estimate of drug-likeness (QED) is 0.645. The number of thiol groups is 1. The third-order valence-corrected chi connectivity index (χ3v) is 3.72. The van der Waals surface area contributed by atoms with Crippen molar-refractivity contribution in [3.8, 4) is 0 Å². The van der Waals surface area contributed by atoms with Crippen molar-refractivity contribution in [3.05, 3.63) is 35.4 Å². The van der Waals surface area contributed by atoms with E-state index in [1.807, 2.05) is 6.92 Å². The van der Waals surface area contributed by atoms with Crippen LogP contribution in [0.4, 0.5) is 0 Å². The summed E-state index contributed by atoms with van der Waals surface area (Å²) in [6.07, 6.45) is 3.20. The maximum Gasteiger partial charge on any atom is 0.220 e. The fourth-order valence-electron chi connectivity index (χ4n) is 2.12. The highest BCUT2D eigenvalue weighted by Gasteiger charge is 2.10. The molecular formula is C16H26N2OS. The maximum atomic E-state index is 11.8. The Morgan fingerprint density at radius 2 is 2.00 bits per heavy atom. The van der Waals surface area contributed by atoms with Gasteiger partial charge in [0.25, 0.3) is 0 Å². The molecule has 112 valence electrons. The average molecular weight is 294 g/mol. The van der Waals surface area contributed by atoms with Crippen LogP contribution in [0.25, 0.3) is 0 Å². The third-order valence-electron chi connectivity index (χ3n) is 3.29. The molecule has 0 aliphatic carbocycles. The van der Waals surface area contributed by atoms with Crippen molar-refractivity contribution in [2.75, 3.05) is 6.54 Å². The molecule has 0 heterocycles. The van der Waals surface area contributed by atoms with Crippen molar-refractivity contribution in [2.45, 2.75) is 50.8 Å². The Hall–Kier alpha value is -1.00. The highest BCUT2D eigenvalue weighted by Crippen LogP contribution is 2.08. The zero-order valence-electron chi connectivity index (χ0n) is 12.4. The molecule has 0 radical (unpaired) electrons. The van der Waals surface area contributed by atoms with Crippen molar-refractivity contribution in [3.63, 3.8) is 0 Å². The normalized spacial score (nSPS) is 13.8. The molecule has 0 aliphatic heterocycles. The van der Waals surface area contributed by atoms with Crippen molar-refractivity contribution < 1.29 is 4.79 Å². The molecular weight excluding hydrogens is 268 g/mol. The third kappa shape index (κ3) is 6.96. The summed E-state index contributed by atoms with van der Waals surface area (Å²) >= 11 is 4.34. The summed E-state index contributed by atoms with van der Waals surface area (Å²) in [6.45, 7) is 4.61. The highest BCUT2D eigenvalue weighted by atomic mass is 32.1. The number of aryl methyl sites for hydroxylation is 2. The van der Waals surface area contributed by atoms with Crippen LogP contribution in [0, 0.1) is 6.92 Å². The Morgan fingerprint density at radius 1 is 1.35 bits per heavy atom. The van der Waals surface area contributed by atoms with Gasteiger partial charge in [-0.2, -0.15) is 12.6 Å². The molecule has 1 amide bonds. The van der Waals surface area contributed by atoms with Gasteiger partial charge >= 0.3 is 0 Å². The standard InChI is InChI=1S/C16H26N2OS/c1-12-6-8-14(9-7-12)4-3-5-16(19)18-13(2)10-15(20)11-17/h6-9,13,15,20H,3-5,10-11,17H2,1-2H3,(H,18,19). The van der Waals surface area contributed by atoms with Gasteiger partial charge in [0.15, 0.2) is 0 Å².